The molecule has 0 saturated carbocycles. The molecular formula is C17H27FN2O. The lowest BCUT2D eigenvalue weighted by molar-refractivity contribution is 0.0933. The second-order valence-corrected chi connectivity index (χ2v) is 5.48. The molecule has 0 spiro atoms. The summed E-state index contributed by atoms with van der Waals surface area (Å²) < 4.78 is 13.9. The van der Waals surface area contributed by atoms with Crippen LogP contribution in [0, 0.1) is 12.7 Å². The third kappa shape index (κ3) is 5.46. The second kappa shape index (κ2) is 8.78. The first kappa shape index (κ1) is 17.6. The van der Waals surface area contributed by atoms with E-state index in [1.54, 1.807) is 19.1 Å². The van der Waals surface area contributed by atoms with Crippen LogP contribution in [0.3, 0.4) is 0 Å². The molecule has 3 nitrogen and oxygen atoms in total. The number of amides is 1. The number of hydrogen-bond acceptors (Lipinski definition) is 2. The molecule has 0 aliphatic heterocycles. The van der Waals surface area contributed by atoms with Gasteiger partial charge in [0.1, 0.15) is 5.82 Å². The smallest absolute Gasteiger partial charge is 0.254 e. The van der Waals surface area contributed by atoms with Gasteiger partial charge in [0, 0.05) is 6.04 Å². The molecular weight excluding hydrogens is 267 g/mol. The highest BCUT2D eigenvalue weighted by molar-refractivity contribution is 5.94. The molecule has 118 valence electrons. The van der Waals surface area contributed by atoms with Crippen LogP contribution in [0.2, 0.25) is 0 Å². The number of aryl methyl sites for hydroxylation is 1. The summed E-state index contributed by atoms with van der Waals surface area (Å²) in [7, 11) is 0. The standard InChI is InChI=1S/C17H27FN2O/c1-5-20(6-2)12-8-10-14(4)19-17(21)15-11-7-9-13(3)16(15)18/h7,9,11,14H,5-6,8,10,12H2,1-4H3,(H,19,21). The van der Waals surface area contributed by atoms with E-state index >= 15 is 0 Å². The van der Waals surface area contributed by atoms with Crippen molar-refractivity contribution in [3.8, 4) is 0 Å². The van der Waals surface area contributed by atoms with Gasteiger partial charge in [-0.05, 0) is 58.0 Å². The van der Waals surface area contributed by atoms with E-state index < -0.39 is 5.82 Å². The quantitative estimate of drug-likeness (QED) is 0.797. The van der Waals surface area contributed by atoms with Crippen molar-refractivity contribution in [1.82, 2.24) is 10.2 Å². The summed E-state index contributed by atoms with van der Waals surface area (Å²) in [6.45, 7) is 11.1. The Kier molecular flexibility index (Phi) is 7.37. The van der Waals surface area contributed by atoms with E-state index in [9.17, 15) is 9.18 Å². The normalized spacial score (nSPS) is 12.5. The average Bonchev–Trinajstić information content (AvgIpc) is 2.46. The van der Waals surface area contributed by atoms with Crippen molar-refractivity contribution < 1.29 is 9.18 Å². The number of nitrogens with zero attached hydrogens (tertiary/aromatic N) is 1. The number of benzene rings is 1. The van der Waals surface area contributed by atoms with Gasteiger partial charge < -0.3 is 10.2 Å². The van der Waals surface area contributed by atoms with E-state index in [4.69, 9.17) is 0 Å². The molecule has 0 radical (unpaired) electrons. The molecule has 0 aliphatic carbocycles. The van der Waals surface area contributed by atoms with Gasteiger partial charge in [-0.25, -0.2) is 4.39 Å². The zero-order valence-corrected chi connectivity index (χ0v) is 13.6. The van der Waals surface area contributed by atoms with Gasteiger partial charge in [0.05, 0.1) is 5.56 Å². The lowest BCUT2D eigenvalue weighted by Gasteiger charge is -2.20. The Balaban J connectivity index is 2.45. The van der Waals surface area contributed by atoms with Crippen LogP contribution in [-0.2, 0) is 0 Å². The fraction of sp³-hybridized carbons (Fsp3) is 0.588. The largest absolute Gasteiger partial charge is 0.349 e. The molecule has 1 rings (SSSR count). The summed E-state index contributed by atoms with van der Waals surface area (Å²) in [5, 5.41) is 2.88. The Morgan fingerprint density at radius 3 is 2.62 bits per heavy atom. The number of carbonyl (C=O) groups excluding carboxylic acids is 1. The average molecular weight is 294 g/mol. The van der Waals surface area contributed by atoms with Gasteiger partial charge in [0.2, 0.25) is 0 Å². The number of carbonyl (C=O) groups is 1. The van der Waals surface area contributed by atoms with E-state index in [0.29, 0.717) is 5.56 Å². The first-order valence-corrected chi connectivity index (χ1v) is 7.77. The van der Waals surface area contributed by atoms with Crippen LogP contribution in [0.5, 0.6) is 0 Å². The third-order valence-electron chi connectivity index (χ3n) is 3.82. The summed E-state index contributed by atoms with van der Waals surface area (Å²) in [5.74, 6) is -0.753. The summed E-state index contributed by atoms with van der Waals surface area (Å²) in [6, 6.07) is 4.95. The van der Waals surface area contributed by atoms with Crippen molar-refractivity contribution in [2.24, 2.45) is 0 Å². The highest BCUT2D eigenvalue weighted by Gasteiger charge is 2.15. The molecule has 1 N–H and O–H groups in total. The van der Waals surface area contributed by atoms with Crippen molar-refractivity contribution in [2.45, 2.75) is 46.6 Å². The van der Waals surface area contributed by atoms with E-state index in [-0.39, 0.29) is 17.5 Å². The highest BCUT2D eigenvalue weighted by Crippen LogP contribution is 2.12. The summed E-state index contributed by atoms with van der Waals surface area (Å²) in [6.07, 6.45) is 1.93. The maximum Gasteiger partial charge on any atom is 0.254 e. The molecule has 1 atom stereocenters. The number of halogens is 1. The van der Waals surface area contributed by atoms with Crippen LogP contribution in [0.4, 0.5) is 4.39 Å². The Labute approximate surface area is 127 Å². The van der Waals surface area contributed by atoms with Gasteiger partial charge in [-0.2, -0.15) is 0 Å². The minimum absolute atomic E-state index is 0.0491. The lowest BCUT2D eigenvalue weighted by atomic mass is 10.1. The van der Waals surface area contributed by atoms with Crippen molar-refractivity contribution in [1.29, 1.82) is 0 Å². The van der Waals surface area contributed by atoms with Gasteiger partial charge >= 0.3 is 0 Å². The molecule has 0 saturated heterocycles. The topological polar surface area (TPSA) is 32.3 Å². The Morgan fingerprint density at radius 2 is 2.00 bits per heavy atom. The Morgan fingerprint density at radius 1 is 1.33 bits per heavy atom. The fourth-order valence-corrected chi connectivity index (χ4v) is 2.36. The monoisotopic (exact) mass is 294 g/mol. The lowest BCUT2D eigenvalue weighted by Crippen LogP contribution is -2.34. The maximum absolute atomic E-state index is 13.9. The van der Waals surface area contributed by atoms with Crippen molar-refractivity contribution in [2.75, 3.05) is 19.6 Å². The predicted octanol–water partition coefficient (Wildman–Crippen LogP) is 3.37. The van der Waals surface area contributed by atoms with Crippen molar-refractivity contribution >= 4 is 5.91 Å². The molecule has 1 amide bonds. The molecule has 0 fully saturated rings. The third-order valence-corrected chi connectivity index (χ3v) is 3.82. The van der Waals surface area contributed by atoms with Gasteiger partial charge in [-0.1, -0.05) is 26.0 Å². The molecule has 1 aromatic carbocycles. The van der Waals surface area contributed by atoms with Gasteiger partial charge in [-0.15, -0.1) is 0 Å². The molecule has 1 unspecified atom stereocenters. The minimum Gasteiger partial charge on any atom is -0.349 e. The fourth-order valence-electron chi connectivity index (χ4n) is 2.36. The van der Waals surface area contributed by atoms with Crippen LogP contribution in [0.15, 0.2) is 18.2 Å². The SMILES string of the molecule is CCN(CC)CCCC(C)NC(=O)c1cccc(C)c1F. The minimum atomic E-state index is -0.426. The molecule has 0 heterocycles. The van der Waals surface area contributed by atoms with E-state index in [1.165, 1.54) is 6.07 Å². The Hall–Kier alpha value is -1.42. The summed E-state index contributed by atoms with van der Waals surface area (Å²) in [5.41, 5.74) is 0.627. The Bertz CT molecular complexity index is 458. The highest BCUT2D eigenvalue weighted by atomic mass is 19.1. The first-order valence-electron chi connectivity index (χ1n) is 7.77. The van der Waals surface area contributed by atoms with E-state index in [2.05, 4.69) is 24.1 Å². The molecule has 4 heteroatoms. The van der Waals surface area contributed by atoms with Crippen LogP contribution in [0.25, 0.3) is 0 Å². The van der Waals surface area contributed by atoms with Crippen LogP contribution in [0.1, 0.15) is 49.5 Å². The molecule has 0 aromatic heterocycles. The molecule has 0 aliphatic rings. The first-order chi connectivity index (χ1) is 9.99. The van der Waals surface area contributed by atoms with Crippen LogP contribution >= 0.6 is 0 Å². The zero-order chi connectivity index (χ0) is 15.8. The van der Waals surface area contributed by atoms with Crippen molar-refractivity contribution in [3.05, 3.63) is 35.1 Å². The van der Waals surface area contributed by atoms with Crippen molar-refractivity contribution in [3.63, 3.8) is 0 Å². The number of rotatable bonds is 8. The number of hydrogen-bond donors (Lipinski definition) is 1. The zero-order valence-electron chi connectivity index (χ0n) is 13.6. The maximum atomic E-state index is 13.9. The van der Waals surface area contributed by atoms with E-state index in [1.807, 2.05) is 6.92 Å². The van der Waals surface area contributed by atoms with Crippen LogP contribution < -0.4 is 5.32 Å². The molecule has 21 heavy (non-hydrogen) atoms. The van der Waals surface area contributed by atoms with Gasteiger partial charge in [-0.3, -0.25) is 4.79 Å². The van der Waals surface area contributed by atoms with E-state index in [0.717, 1.165) is 32.5 Å². The van der Waals surface area contributed by atoms with Gasteiger partial charge in [0.25, 0.3) is 5.91 Å². The molecule has 0 bridgehead atoms. The summed E-state index contributed by atoms with van der Waals surface area (Å²) in [4.78, 5) is 14.4. The molecule has 1 aromatic rings. The predicted molar refractivity (Wildman–Crippen MR) is 85.1 cm³/mol. The second-order valence-electron chi connectivity index (χ2n) is 5.48. The van der Waals surface area contributed by atoms with Crippen LogP contribution in [-0.4, -0.2) is 36.5 Å². The summed E-state index contributed by atoms with van der Waals surface area (Å²) >= 11 is 0. The number of nitrogens with one attached hydrogen (secondary N) is 1. The van der Waals surface area contributed by atoms with Gasteiger partial charge in [0.15, 0.2) is 0 Å².